The molecule has 150 valence electrons. The lowest BCUT2D eigenvalue weighted by Gasteiger charge is -2.22. The van der Waals surface area contributed by atoms with E-state index in [9.17, 15) is 4.79 Å². The molecule has 5 rings (SSSR count). The minimum Gasteiger partial charge on any atom is -0.308 e. The van der Waals surface area contributed by atoms with Crippen molar-refractivity contribution in [2.45, 2.75) is 24.5 Å². The summed E-state index contributed by atoms with van der Waals surface area (Å²) in [5.41, 5.74) is 3.25. The molecule has 1 aliphatic rings. The van der Waals surface area contributed by atoms with E-state index in [1.165, 1.54) is 17.3 Å². The summed E-state index contributed by atoms with van der Waals surface area (Å²) in [5.74, 6) is 1.21. The van der Waals surface area contributed by atoms with Crippen molar-refractivity contribution in [2.24, 2.45) is 0 Å². The molecule has 1 atom stereocenters. The molecule has 30 heavy (non-hydrogen) atoms. The third-order valence-corrected chi connectivity index (χ3v) is 6.97. The fraction of sp³-hybridized carbons (Fsp3) is 0.174. The summed E-state index contributed by atoms with van der Waals surface area (Å²) in [6.45, 7) is 2.10. The van der Waals surface area contributed by atoms with Gasteiger partial charge in [-0.2, -0.15) is 0 Å². The molecule has 2 aromatic carbocycles. The predicted octanol–water partition coefficient (Wildman–Crippen LogP) is 5.07. The Balaban J connectivity index is 1.43. The maximum atomic E-state index is 13.1. The van der Waals surface area contributed by atoms with Gasteiger partial charge in [-0.05, 0) is 48.6 Å². The molecule has 0 aliphatic carbocycles. The number of amides is 1. The lowest BCUT2D eigenvalue weighted by molar-refractivity contribution is -0.116. The molecule has 7 heteroatoms. The van der Waals surface area contributed by atoms with Crippen LogP contribution in [-0.2, 0) is 11.2 Å². The second-order valence-electron chi connectivity index (χ2n) is 7.19. The standard InChI is InChI=1S/C23H20N4OS2/c1-16-14-17-8-5-6-11-19(17)26(16)21(28)15-30-23-25-24-22(20-12-7-13-29-20)27(23)18-9-3-2-4-10-18/h2-13,16H,14-15H2,1H3/t16-/m1/s1. The summed E-state index contributed by atoms with van der Waals surface area (Å²) in [5, 5.41) is 11.6. The molecule has 0 spiro atoms. The van der Waals surface area contributed by atoms with E-state index in [0.29, 0.717) is 5.75 Å². The topological polar surface area (TPSA) is 51.0 Å². The first-order valence-corrected chi connectivity index (χ1v) is 11.7. The normalized spacial score (nSPS) is 15.4. The number of thioether (sulfide) groups is 1. The Bertz CT molecular complexity index is 1170. The number of nitrogens with zero attached hydrogens (tertiary/aromatic N) is 4. The highest BCUT2D eigenvalue weighted by Gasteiger charge is 2.30. The SMILES string of the molecule is C[C@@H]1Cc2ccccc2N1C(=O)CSc1nnc(-c2cccs2)n1-c1ccccc1. The molecule has 0 N–H and O–H groups in total. The van der Waals surface area contributed by atoms with Gasteiger partial charge in [-0.1, -0.05) is 54.2 Å². The molecular weight excluding hydrogens is 412 g/mol. The Morgan fingerprint density at radius 1 is 1.07 bits per heavy atom. The highest BCUT2D eigenvalue weighted by molar-refractivity contribution is 7.99. The van der Waals surface area contributed by atoms with Gasteiger partial charge in [0.25, 0.3) is 0 Å². The van der Waals surface area contributed by atoms with Gasteiger partial charge in [-0.25, -0.2) is 0 Å². The molecule has 1 aliphatic heterocycles. The molecule has 0 radical (unpaired) electrons. The highest BCUT2D eigenvalue weighted by atomic mass is 32.2. The van der Waals surface area contributed by atoms with Gasteiger partial charge in [0, 0.05) is 17.4 Å². The second kappa shape index (κ2) is 8.08. The van der Waals surface area contributed by atoms with Gasteiger partial charge in [-0.15, -0.1) is 21.5 Å². The van der Waals surface area contributed by atoms with E-state index in [1.807, 2.05) is 75.5 Å². The zero-order valence-electron chi connectivity index (χ0n) is 16.4. The number of rotatable bonds is 5. The zero-order chi connectivity index (χ0) is 20.5. The van der Waals surface area contributed by atoms with Gasteiger partial charge in [0.05, 0.1) is 10.6 Å². The summed E-state index contributed by atoms with van der Waals surface area (Å²) >= 11 is 3.06. The number of carbonyl (C=O) groups is 1. The highest BCUT2D eigenvalue weighted by Crippen LogP contribution is 2.34. The molecular formula is C23H20N4OS2. The van der Waals surface area contributed by atoms with Crippen molar-refractivity contribution in [1.82, 2.24) is 14.8 Å². The van der Waals surface area contributed by atoms with E-state index in [2.05, 4.69) is 23.2 Å². The van der Waals surface area contributed by atoms with E-state index in [-0.39, 0.29) is 11.9 Å². The average molecular weight is 433 g/mol. The van der Waals surface area contributed by atoms with E-state index in [1.54, 1.807) is 11.3 Å². The first-order valence-electron chi connectivity index (χ1n) is 9.80. The van der Waals surface area contributed by atoms with Gasteiger partial charge >= 0.3 is 0 Å². The van der Waals surface area contributed by atoms with Crippen LogP contribution < -0.4 is 4.90 Å². The Labute approximate surface area is 183 Å². The van der Waals surface area contributed by atoms with Gasteiger partial charge < -0.3 is 4.90 Å². The lowest BCUT2D eigenvalue weighted by atomic mass is 10.1. The second-order valence-corrected chi connectivity index (χ2v) is 9.08. The van der Waals surface area contributed by atoms with Crippen LogP contribution in [0.2, 0.25) is 0 Å². The number of fused-ring (bicyclic) bond motifs is 1. The molecule has 3 heterocycles. The van der Waals surface area contributed by atoms with E-state index < -0.39 is 0 Å². The first-order chi connectivity index (χ1) is 14.7. The zero-order valence-corrected chi connectivity index (χ0v) is 18.1. The number of hydrogen-bond donors (Lipinski definition) is 0. The number of aromatic nitrogens is 3. The minimum absolute atomic E-state index is 0.0951. The van der Waals surface area contributed by atoms with Crippen molar-refractivity contribution < 1.29 is 4.79 Å². The van der Waals surface area contributed by atoms with E-state index in [0.717, 1.165) is 33.7 Å². The van der Waals surface area contributed by atoms with Crippen molar-refractivity contribution >= 4 is 34.7 Å². The first kappa shape index (κ1) is 19.1. The third kappa shape index (κ3) is 3.44. The molecule has 4 aromatic rings. The Morgan fingerprint density at radius 3 is 2.67 bits per heavy atom. The van der Waals surface area contributed by atoms with Crippen LogP contribution in [0.15, 0.2) is 77.3 Å². The summed E-state index contributed by atoms with van der Waals surface area (Å²) in [6.07, 6.45) is 0.898. The van der Waals surface area contributed by atoms with Crippen LogP contribution in [0.25, 0.3) is 16.4 Å². The van der Waals surface area contributed by atoms with Crippen LogP contribution in [-0.4, -0.2) is 32.5 Å². The third-order valence-electron chi connectivity index (χ3n) is 5.19. The van der Waals surface area contributed by atoms with Gasteiger partial charge in [0.15, 0.2) is 11.0 Å². The molecule has 2 aromatic heterocycles. The van der Waals surface area contributed by atoms with Crippen LogP contribution in [0.4, 0.5) is 5.69 Å². The number of para-hydroxylation sites is 2. The lowest BCUT2D eigenvalue weighted by Crippen LogP contribution is -2.37. The quantitative estimate of drug-likeness (QED) is 0.413. The summed E-state index contributed by atoms with van der Waals surface area (Å²) < 4.78 is 2.03. The fourth-order valence-corrected chi connectivity index (χ4v) is 5.39. The minimum atomic E-state index is 0.0951. The average Bonchev–Trinajstić information content (AvgIpc) is 3.50. The number of thiophene rings is 1. The van der Waals surface area contributed by atoms with Gasteiger partial charge in [0.2, 0.25) is 5.91 Å². The molecule has 0 saturated carbocycles. The Morgan fingerprint density at radius 2 is 1.87 bits per heavy atom. The van der Waals surface area contributed by atoms with Crippen molar-refractivity contribution in [3.8, 4) is 16.4 Å². The number of anilines is 1. The van der Waals surface area contributed by atoms with Crippen LogP contribution in [0.1, 0.15) is 12.5 Å². The Hall–Kier alpha value is -2.90. The molecule has 0 bridgehead atoms. The smallest absolute Gasteiger partial charge is 0.237 e. The molecule has 5 nitrogen and oxygen atoms in total. The van der Waals surface area contributed by atoms with Crippen molar-refractivity contribution in [3.05, 3.63) is 77.7 Å². The Kier molecular flexibility index (Phi) is 5.14. The van der Waals surface area contributed by atoms with Crippen molar-refractivity contribution in [2.75, 3.05) is 10.7 Å². The number of carbonyl (C=O) groups excluding carboxylic acids is 1. The van der Waals surface area contributed by atoms with Crippen LogP contribution in [0.3, 0.4) is 0 Å². The van der Waals surface area contributed by atoms with Gasteiger partial charge in [0.1, 0.15) is 0 Å². The fourth-order valence-electron chi connectivity index (χ4n) is 3.88. The van der Waals surface area contributed by atoms with Gasteiger partial charge in [-0.3, -0.25) is 9.36 Å². The molecule has 1 amide bonds. The van der Waals surface area contributed by atoms with Crippen LogP contribution >= 0.6 is 23.1 Å². The van der Waals surface area contributed by atoms with Crippen molar-refractivity contribution in [3.63, 3.8) is 0 Å². The molecule has 0 saturated heterocycles. The number of benzene rings is 2. The number of hydrogen-bond acceptors (Lipinski definition) is 5. The van der Waals surface area contributed by atoms with Crippen molar-refractivity contribution in [1.29, 1.82) is 0 Å². The van der Waals surface area contributed by atoms with Crippen LogP contribution in [0, 0.1) is 0 Å². The predicted molar refractivity (Wildman–Crippen MR) is 122 cm³/mol. The maximum Gasteiger partial charge on any atom is 0.237 e. The summed E-state index contributed by atoms with van der Waals surface area (Å²) in [6, 6.07) is 22.4. The monoisotopic (exact) mass is 432 g/mol. The summed E-state index contributed by atoms with van der Waals surface area (Å²) in [7, 11) is 0. The largest absolute Gasteiger partial charge is 0.308 e. The van der Waals surface area contributed by atoms with Crippen LogP contribution in [0.5, 0.6) is 0 Å². The van der Waals surface area contributed by atoms with E-state index >= 15 is 0 Å². The molecule has 0 unspecified atom stereocenters. The summed E-state index contributed by atoms with van der Waals surface area (Å²) in [4.78, 5) is 16.1. The van der Waals surface area contributed by atoms with E-state index in [4.69, 9.17) is 0 Å². The maximum absolute atomic E-state index is 13.1. The molecule has 0 fully saturated rings.